The number of aliphatic hydroxyl groups is 1. The molecule has 1 aromatic carbocycles. The number of methoxy groups -OCH3 is 1. The van der Waals surface area contributed by atoms with Gasteiger partial charge in [0.25, 0.3) is 0 Å². The maximum absolute atomic E-state index is 12.3. The van der Waals surface area contributed by atoms with Gasteiger partial charge in [-0.25, -0.2) is 9.59 Å². The summed E-state index contributed by atoms with van der Waals surface area (Å²) in [6.07, 6.45) is -0.772. The largest absolute Gasteiger partial charge is 0.508 e. The number of phenolic OH excluding ortho intramolecular Hbond substituents is 1. The van der Waals surface area contributed by atoms with Gasteiger partial charge in [0.2, 0.25) is 0 Å². The fourth-order valence-electron chi connectivity index (χ4n) is 2.84. The van der Waals surface area contributed by atoms with Gasteiger partial charge >= 0.3 is 12.1 Å². The van der Waals surface area contributed by atoms with Gasteiger partial charge in [0.1, 0.15) is 11.4 Å². The molecule has 0 spiro atoms. The molecule has 1 amide bonds. The first-order valence-electron chi connectivity index (χ1n) is 8.19. The van der Waals surface area contributed by atoms with Crippen LogP contribution in [-0.2, 0) is 9.47 Å². The molecular weight excluding hydrogens is 326 g/mol. The Morgan fingerprint density at radius 1 is 1.28 bits per heavy atom. The number of phenols is 1. The number of hydrogen-bond acceptors (Lipinski definition) is 6. The van der Waals surface area contributed by atoms with Gasteiger partial charge in [0.05, 0.1) is 18.8 Å². The molecule has 7 heteroatoms. The second-order valence-electron chi connectivity index (χ2n) is 7.15. The lowest BCUT2D eigenvalue weighted by Crippen LogP contribution is -2.46. The van der Waals surface area contributed by atoms with Gasteiger partial charge in [0, 0.05) is 24.6 Å². The molecule has 0 aliphatic carbocycles. The molecule has 7 nitrogen and oxygen atoms in total. The summed E-state index contributed by atoms with van der Waals surface area (Å²) in [5, 5.41) is 20.6. The fraction of sp³-hybridized carbons (Fsp3) is 0.556. The van der Waals surface area contributed by atoms with Crippen LogP contribution in [0.4, 0.5) is 4.79 Å². The summed E-state index contributed by atoms with van der Waals surface area (Å²) in [6.45, 7) is 5.98. The zero-order valence-corrected chi connectivity index (χ0v) is 15.0. The minimum atomic E-state index is -0.700. The van der Waals surface area contributed by atoms with Crippen molar-refractivity contribution in [2.45, 2.75) is 44.8 Å². The van der Waals surface area contributed by atoms with Crippen molar-refractivity contribution >= 4 is 12.1 Å². The quantitative estimate of drug-likeness (QED) is 0.794. The van der Waals surface area contributed by atoms with E-state index in [1.54, 1.807) is 26.8 Å². The number of piperidine rings is 1. The number of ether oxygens (including phenoxy) is 2. The number of esters is 1. The smallest absolute Gasteiger partial charge is 0.410 e. The molecule has 1 saturated heterocycles. The Hall–Kier alpha value is -2.28. The van der Waals surface area contributed by atoms with E-state index >= 15 is 0 Å². The average Bonchev–Trinajstić information content (AvgIpc) is 2.53. The summed E-state index contributed by atoms with van der Waals surface area (Å²) in [5.41, 5.74) is 0.0962. The molecule has 1 aliphatic rings. The van der Waals surface area contributed by atoms with Crippen molar-refractivity contribution in [2.75, 3.05) is 20.2 Å². The van der Waals surface area contributed by atoms with Crippen LogP contribution in [0.15, 0.2) is 18.2 Å². The van der Waals surface area contributed by atoms with Gasteiger partial charge in [-0.3, -0.25) is 0 Å². The lowest BCUT2D eigenvalue weighted by atomic mass is 9.87. The first-order valence-corrected chi connectivity index (χ1v) is 8.19. The number of aromatic hydroxyl groups is 1. The zero-order chi connectivity index (χ0) is 18.8. The van der Waals surface area contributed by atoms with Crippen LogP contribution in [-0.4, -0.2) is 59.1 Å². The van der Waals surface area contributed by atoms with E-state index < -0.39 is 29.7 Å². The minimum Gasteiger partial charge on any atom is -0.508 e. The SMILES string of the molecule is COC(=O)c1ccc([C@@H]2CN(C(=O)OC(C)(C)C)CC[C@@H]2O)c(O)c1. The van der Waals surface area contributed by atoms with Gasteiger partial charge in [-0.15, -0.1) is 0 Å². The molecule has 1 fully saturated rings. The Bertz CT molecular complexity index is 651. The summed E-state index contributed by atoms with van der Waals surface area (Å²) in [4.78, 5) is 25.3. The molecule has 0 radical (unpaired) electrons. The highest BCUT2D eigenvalue weighted by molar-refractivity contribution is 5.89. The van der Waals surface area contributed by atoms with Gasteiger partial charge in [0.15, 0.2) is 0 Å². The summed E-state index contributed by atoms with van der Waals surface area (Å²) < 4.78 is 10.00. The van der Waals surface area contributed by atoms with Crippen LogP contribution in [0, 0.1) is 0 Å². The highest BCUT2D eigenvalue weighted by Crippen LogP contribution is 2.34. The summed E-state index contributed by atoms with van der Waals surface area (Å²) in [6, 6.07) is 4.41. The van der Waals surface area contributed by atoms with Crippen molar-refractivity contribution in [1.82, 2.24) is 4.90 Å². The van der Waals surface area contributed by atoms with Crippen molar-refractivity contribution in [3.8, 4) is 5.75 Å². The Labute approximate surface area is 147 Å². The molecule has 0 unspecified atom stereocenters. The number of nitrogens with zero attached hydrogens (tertiary/aromatic N) is 1. The second kappa shape index (κ2) is 7.31. The van der Waals surface area contributed by atoms with Gasteiger partial charge < -0.3 is 24.6 Å². The number of carbonyl (C=O) groups is 2. The summed E-state index contributed by atoms with van der Waals surface area (Å²) in [5.74, 6) is -1.13. The monoisotopic (exact) mass is 351 g/mol. The molecule has 2 atom stereocenters. The van der Waals surface area contributed by atoms with E-state index in [1.807, 2.05) is 0 Å². The number of benzene rings is 1. The third kappa shape index (κ3) is 4.63. The van der Waals surface area contributed by atoms with Crippen molar-refractivity contribution < 1.29 is 29.3 Å². The third-order valence-electron chi connectivity index (χ3n) is 4.08. The molecule has 138 valence electrons. The second-order valence-corrected chi connectivity index (χ2v) is 7.15. The topological polar surface area (TPSA) is 96.3 Å². The van der Waals surface area contributed by atoms with Crippen LogP contribution in [0.2, 0.25) is 0 Å². The van der Waals surface area contributed by atoms with E-state index in [0.29, 0.717) is 18.5 Å². The fourth-order valence-corrected chi connectivity index (χ4v) is 2.84. The van der Waals surface area contributed by atoms with E-state index in [1.165, 1.54) is 24.1 Å². The third-order valence-corrected chi connectivity index (χ3v) is 4.08. The lowest BCUT2D eigenvalue weighted by Gasteiger charge is -2.37. The molecule has 1 aromatic rings. The predicted molar refractivity (Wildman–Crippen MR) is 90.6 cm³/mol. The van der Waals surface area contributed by atoms with Crippen LogP contribution in [0.5, 0.6) is 5.75 Å². The van der Waals surface area contributed by atoms with E-state index in [2.05, 4.69) is 4.74 Å². The first kappa shape index (κ1) is 19.1. The highest BCUT2D eigenvalue weighted by atomic mass is 16.6. The standard InChI is InChI=1S/C18H25NO6/c1-18(2,3)25-17(23)19-8-7-14(20)13(10-19)12-6-5-11(9-15(12)21)16(22)24-4/h5-6,9,13-14,20-21H,7-8,10H2,1-4H3/t13-,14-/m0/s1. The Balaban J connectivity index is 2.19. The Morgan fingerprint density at radius 2 is 1.96 bits per heavy atom. The number of likely N-dealkylation sites (tertiary alicyclic amines) is 1. The predicted octanol–water partition coefficient (Wildman–Crippen LogP) is 2.26. The minimum absolute atomic E-state index is 0.113. The van der Waals surface area contributed by atoms with E-state index in [9.17, 15) is 19.8 Å². The Morgan fingerprint density at radius 3 is 2.52 bits per heavy atom. The Kier molecular flexibility index (Phi) is 5.57. The van der Waals surface area contributed by atoms with Crippen LogP contribution in [0.25, 0.3) is 0 Å². The van der Waals surface area contributed by atoms with E-state index in [4.69, 9.17) is 4.74 Å². The molecule has 1 heterocycles. The average molecular weight is 351 g/mol. The van der Waals surface area contributed by atoms with Crippen LogP contribution in [0.3, 0.4) is 0 Å². The molecular formula is C18H25NO6. The first-order chi connectivity index (χ1) is 11.6. The van der Waals surface area contributed by atoms with Crippen molar-refractivity contribution in [3.63, 3.8) is 0 Å². The highest BCUT2D eigenvalue weighted by Gasteiger charge is 2.34. The zero-order valence-electron chi connectivity index (χ0n) is 15.0. The van der Waals surface area contributed by atoms with Crippen molar-refractivity contribution in [1.29, 1.82) is 0 Å². The maximum Gasteiger partial charge on any atom is 0.410 e. The van der Waals surface area contributed by atoms with Crippen LogP contribution in [0.1, 0.15) is 49.0 Å². The van der Waals surface area contributed by atoms with E-state index in [-0.39, 0.29) is 17.9 Å². The van der Waals surface area contributed by atoms with Gasteiger partial charge in [-0.05, 0) is 39.3 Å². The van der Waals surface area contributed by atoms with Gasteiger partial charge in [-0.1, -0.05) is 6.07 Å². The van der Waals surface area contributed by atoms with Crippen molar-refractivity contribution in [3.05, 3.63) is 29.3 Å². The number of aliphatic hydroxyl groups excluding tert-OH is 1. The molecule has 2 rings (SSSR count). The molecule has 0 bridgehead atoms. The lowest BCUT2D eigenvalue weighted by molar-refractivity contribution is 0.00381. The van der Waals surface area contributed by atoms with Gasteiger partial charge in [-0.2, -0.15) is 0 Å². The number of carbonyl (C=O) groups excluding carboxylic acids is 2. The molecule has 1 aliphatic heterocycles. The molecule has 25 heavy (non-hydrogen) atoms. The summed E-state index contributed by atoms with van der Waals surface area (Å²) >= 11 is 0. The van der Waals surface area contributed by atoms with Crippen molar-refractivity contribution in [2.24, 2.45) is 0 Å². The van der Waals surface area contributed by atoms with Crippen LogP contribution >= 0.6 is 0 Å². The molecule has 0 aromatic heterocycles. The molecule has 0 saturated carbocycles. The van der Waals surface area contributed by atoms with Crippen LogP contribution < -0.4 is 0 Å². The number of hydrogen-bond donors (Lipinski definition) is 2. The maximum atomic E-state index is 12.3. The normalized spacial score (nSPS) is 20.9. The number of rotatable bonds is 2. The molecule has 2 N–H and O–H groups in total. The van der Waals surface area contributed by atoms with E-state index in [0.717, 1.165) is 0 Å². The summed E-state index contributed by atoms with van der Waals surface area (Å²) in [7, 11) is 1.26. The number of amides is 1.